The zero-order chi connectivity index (χ0) is 23.6. The Morgan fingerprint density at radius 3 is 2.52 bits per heavy atom. The van der Waals surface area contributed by atoms with E-state index in [9.17, 15) is 13.2 Å². The molecule has 33 heavy (non-hydrogen) atoms. The third-order valence-corrected chi connectivity index (χ3v) is 8.51. The van der Waals surface area contributed by atoms with Crippen molar-refractivity contribution in [1.29, 1.82) is 0 Å². The van der Waals surface area contributed by atoms with Gasteiger partial charge in [-0.05, 0) is 49.2 Å². The molecule has 0 bridgehead atoms. The molecule has 4 rings (SSSR count). The van der Waals surface area contributed by atoms with Gasteiger partial charge in [-0.1, -0.05) is 43.8 Å². The Morgan fingerprint density at radius 2 is 1.82 bits per heavy atom. The number of para-hydroxylation sites is 1. The van der Waals surface area contributed by atoms with Gasteiger partial charge in [0.15, 0.2) is 0 Å². The van der Waals surface area contributed by atoms with Crippen LogP contribution in [0.4, 0.5) is 5.69 Å². The van der Waals surface area contributed by atoms with Crippen LogP contribution in [0.2, 0.25) is 0 Å². The highest BCUT2D eigenvalue weighted by atomic mass is 32.2. The van der Waals surface area contributed by atoms with Crippen LogP contribution in [0.1, 0.15) is 26.3 Å². The molecular weight excluding hydrogens is 460 g/mol. The Morgan fingerprint density at radius 1 is 1.12 bits per heavy atom. The molecule has 3 aromatic rings. The molecular formula is C23H26N4O4S2. The quantitative estimate of drug-likeness (QED) is 0.446. The molecule has 0 aliphatic carbocycles. The van der Waals surface area contributed by atoms with Gasteiger partial charge in [-0.3, -0.25) is 4.79 Å². The van der Waals surface area contributed by atoms with Gasteiger partial charge < -0.3 is 9.32 Å². The van der Waals surface area contributed by atoms with E-state index in [-0.39, 0.29) is 28.5 Å². The van der Waals surface area contributed by atoms with Crippen molar-refractivity contribution >= 4 is 33.4 Å². The SMILES string of the molecule is CCN(CC)S(=O)(=O)c1ccc(-c2nnc(SCC(=O)N3c4ccccc4C[C@H]3C)o2)cc1. The largest absolute Gasteiger partial charge is 0.411 e. The summed E-state index contributed by atoms with van der Waals surface area (Å²) in [6, 6.07) is 14.4. The van der Waals surface area contributed by atoms with Crippen LogP contribution in [-0.4, -0.2) is 53.7 Å². The number of hydrogen-bond donors (Lipinski definition) is 0. The van der Waals surface area contributed by atoms with Gasteiger partial charge in [-0.25, -0.2) is 8.42 Å². The highest BCUT2D eigenvalue weighted by Crippen LogP contribution is 2.33. The molecule has 1 amide bonds. The van der Waals surface area contributed by atoms with Crippen molar-refractivity contribution in [3.05, 3.63) is 54.1 Å². The topological polar surface area (TPSA) is 96.6 Å². The van der Waals surface area contributed by atoms with Crippen molar-refractivity contribution < 1.29 is 17.6 Å². The van der Waals surface area contributed by atoms with E-state index >= 15 is 0 Å². The first kappa shape index (κ1) is 23.5. The Hall–Kier alpha value is -2.69. The number of carbonyl (C=O) groups excluding carboxylic acids is 1. The molecule has 0 N–H and O–H groups in total. The molecule has 1 atom stereocenters. The number of amides is 1. The van der Waals surface area contributed by atoms with Crippen LogP contribution >= 0.6 is 11.8 Å². The number of hydrogen-bond acceptors (Lipinski definition) is 7. The van der Waals surface area contributed by atoms with Crippen molar-refractivity contribution in [2.45, 2.75) is 43.4 Å². The van der Waals surface area contributed by atoms with E-state index in [4.69, 9.17) is 4.42 Å². The molecule has 10 heteroatoms. The fourth-order valence-corrected chi connectivity index (χ4v) is 6.09. The lowest BCUT2D eigenvalue weighted by Gasteiger charge is -2.22. The number of fused-ring (bicyclic) bond motifs is 1. The van der Waals surface area contributed by atoms with Crippen molar-refractivity contribution in [3.8, 4) is 11.5 Å². The second-order valence-electron chi connectivity index (χ2n) is 7.72. The fraction of sp³-hybridized carbons (Fsp3) is 0.348. The maximum atomic E-state index is 12.9. The van der Waals surface area contributed by atoms with Crippen LogP contribution in [0.5, 0.6) is 0 Å². The zero-order valence-corrected chi connectivity index (χ0v) is 20.4. The van der Waals surface area contributed by atoms with Crippen LogP contribution in [0.25, 0.3) is 11.5 Å². The molecule has 0 fully saturated rings. The number of sulfonamides is 1. The zero-order valence-electron chi connectivity index (χ0n) is 18.8. The van der Waals surface area contributed by atoms with E-state index in [0.717, 1.165) is 12.1 Å². The maximum absolute atomic E-state index is 12.9. The molecule has 0 saturated carbocycles. The van der Waals surface area contributed by atoms with Gasteiger partial charge in [0.25, 0.3) is 5.22 Å². The number of rotatable bonds is 8. The monoisotopic (exact) mass is 486 g/mol. The number of anilines is 1. The van der Waals surface area contributed by atoms with Crippen LogP contribution in [0.15, 0.2) is 63.1 Å². The van der Waals surface area contributed by atoms with E-state index in [0.29, 0.717) is 23.9 Å². The van der Waals surface area contributed by atoms with E-state index in [1.807, 2.05) is 30.0 Å². The van der Waals surface area contributed by atoms with Crippen molar-refractivity contribution in [1.82, 2.24) is 14.5 Å². The summed E-state index contributed by atoms with van der Waals surface area (Å²) in [6.07, 6.45) is 0.845. The van der Waals surface area contributed by atoms with Gasteiger partial charge in [-0.2, -0.15) is 4.31 Å². The first-order valence-electron chi connectivity index (χ1n) is 10.8. The third kappa shape index (κ3) is 4.68. The second kappa shape index (κ2) is 9.66. The fourth-order valence-electron chi connectivity index (χ4n) is 4.01. The smallest absolute Gasteiger partial charge is 0.277 e. The summed E-state index contributed by atoms with van der Waals surface area (Å²) in [7, 11) is -3.53. The Bertz CT molecular complexity index is 1240. The summed E-state index contributed by atoms with van der Waals surface area (Å²) in [6.45, 7) is 6.47. The Labute approximate surface area is 198 Å². The molecule has 0 radical (unpaired) electrons. The molecule has 2 heterocycles. The van der Waals surface area contributed by atoms with Crippen molar-refractivity contribution in [2.75, 3.05) is 23.7 Å². The predicted octanol–water partition coefficient (Wildman–Crippen LogP) is 3.84. The standard InChI is InChI=1S/C23H26N4O4S2/c1-4-26(5-2)33(29,30)19-12-10-17(11-13-19)22-24-25-23(31-22)32-15-21(28)27-16(3)14-18-8-6-7-9-20(18)27/h6-13,16H,4-5,14-15H2,1-3H3/t16-/m1/s1. The average Bonchev–Trinajstić information content (AvgIpc) is 3.42. The summed E-state index contributed by atoms with van der Waals surface area (Å²) in [5.74, 6) is 0.446. The maximum Gasteiger partial charge on any atom is 0.277 e. The molecule has 0 saturated heterocycles. The number of thioether (sulfide) groups is 1. The van der Waals surface area contributed by atoms with Gasteiger partial charge >= 0.3 is 0 Å². The van der Waals surface area contributed by atoms with E-state index in [1.165, 1.54) is 33.8 Å². The predicted molar refractivity (Wildman–Crippen MR) is 128 cm³/mol. The van der Waals surface area contributed by atoms with Gasteiger partial charge in [0.05, 0.1) is 10.6 Å². The number of nitrogens with zero attached hydrogens (tertiary/aromatic N) is 4. The highest BCUT2D eigenvalue weighted by molar-refractivity contribution is 7.99. The minimum atomic E-state index is -3.53. The molecule has 1 aliphatic heterocycles. The molecule has 174 valence electrons. The van der Waals surface area contributed by atoms with Crippen LogP contribution in [-0.2, 0) is 21.2 Å². The van der Waals surface area contributed by atoms with E-state index in [1.54, 1.807) is 26.0 Å². The molecule has 0 unspecified atom stereocenters. The highest BCUT2D eigenvalue weighted by Gasteiger charge is 2.30. The molecule has 8 nitrogen and oxygen atoms in total. The van der Waals surface area contributed by atoms with E-state index < -0.39 is 10.0 Å². The minimum absolute atomic E-state index is 0.0110. The number of benzene rings is 2. The lowest BCUT2D eigenvalue weighted by molar-refractivity contribution is -0.116. The van der Waals surface area contributed by atoms with Crippen LogP contribution < -0.4 is 4.90 Å². The third-order valence-electron chi connectivity index (χ3n) is 5.65. The van der Waals surface area contributed by atoms with Gasteiger partial charge in [-0.15, -0.1) is 10.2 Å². The van der Waals surface area contributed by atoms with Crippen LogP contribution in [0, 0.1) is 0 Å². The first-order chi connectivity index (χ1) is 15.8. The average molecular weight is 487 g/mol. The summed E-state index contributed by atoms with van der Waals surface area (Å²) in [4.78, 5) is 14.9. The lowest BCUT2D eigenvalue weighted by Crippen LogP contribution is -2.36. The van der Waals surface area contributed by atoms with Crippen molar-refractivity contribution in [2.24, 2.45) is 0 Å². The molecule has 2 aromatic carbocycles. The number of carbonyl (C=O) groups is 1. The molecule has 1 aromatic heterocycles. The van der Waals surface area contributed by atoms with Gasteiger partial charge in [0, 0.05) is 30.4 Å². The number of aromatic nitrogens is 2. The Balaban J connectivity index is 1.42. The summed E-state index contributed by atoms with van der Waals surface area (Å²) in [5, 5.41) is 8.37. The second-order valence-corrected chi connectivity index (χ2v) is 10.6. The summed E-state index contributed by atoms with van der Waals surface area (Å²) in [5.41, 5.74) is 2.75. The van der Waals surface area contributed by atoms with Crippen molar-refractivity contribution in [3.63, 3.8) is 0 Å². The van der Waals surface area contributed by atoms with Gasteiger partial charge in [0.1, 0.15) is 0 Å². The normalized spacial score (nSPS) is 15.8. The first-order valence-corrected chi connectivity index (χ1v) is 13.2. The lowest BCUT2D eigenvalue weighted by atomic mass is 10.1. The molecule has 1 aliphatic rings. The van der Waals surface area contributed by atoms with Crippen LogP contribution in [0.3, 0.4) is 0 Å². The summed E-state index contributed by atoms with van der Waals surface area (Å²) < 4.78 is 32.4. The van der Waals surface area contributed by atoms with E-state index in [2.05, 4.69) is 16.3 Å². The Kier molecular flexibility index (Phi) is 6.87. The summed E-state index contributed by atoms with van der Waals surface area (Å²) >= 11 is 1.19. The minimum Gasteiger partial charge on any atom is -0.411 e. The molecule has 0 spiro atoms. The van der Waals surface area contributed by atoms with Gasteiger partial charge in [0.2, 0.25) is 21.8 Å².